The van der Waals surface area contributed by atoms with Crippen molar-refractivity contribution in [1.82, 2.24) is 24.8 Å². The molecule has 17 heavy (non-hydrogen) atoms. The van der Waals surface area contributed by atoms with E-state index in [1.807, 2.05) is 17.7 Å². The van der Waals surface area contributed by atoms with E-state index in [9.17, 15) is 0 Å². The van der Waals surface area contributed by atoms with Crippen molar-refractivity contribution in [3.8, 4) is 5.82 Å². The van der Waals surface area contributed by atoms with Gasteiger partial charge in [-0.25, -0.2) is 9.97 Å². The van der Waals surface area contributed by atoms with Crippen LogP contribution in [0.2, 0.25) is 0 Å². The van der Waals surface area contributed by atoms with Gasteiger partial charge in [0.1, 0.15) is 5.82 Å². The number of rotatable bonds is 4. The predicted molar refractivity (Wildman–Crippen MR) is 65.9 cm³/mol. The van der Waals surface area contributed by atoms with Gasteiger partial charge in [0.2, 0.25) is 0 Å². The van der Waals surface area contributed by atoms with Crippen molar-refractivity contribution < 1.29 is 0 Å². The minimum Gasteiger partial charge on any atom is -0.309 e. The molecule has 0 saturated carbocycles. The lowest BCUT2D eigenvalue weighted by Gasteiger charge is -2.08. The van der Waals surface area contributed by atoms with Crippen molar-refractivity contribution in [2.75, 3.05) is 0 Å². The molecular weight excluding hydrogens is 214 g/mol. The summed E-state index contributed by atoms with van der Waals surface area (Å²) in [5.74, 6) is 1.71. The van der Waals surface area contributed by atoms with Crippen molar-refractivity contribution >= 4 is 0 Å². The fraction of sp³-hybridized carbons (Fsp3) is 0.417. The molecule has 2 aromatic heterocycles. The highest BCUT2D eigenvalue weighted by Crippen LogP contribution is 2.05. The molecular formula is C12H17N5. The first-order valence-corrected chi connectivity index (χ1v) is 5.71. The Morgan fingerprint density at radius 1 is 1.24 bits per heavy atom. The molecule has 0 amide bonds. The Bertz CT molecular complexity index is 472. The Labute approximate surface area is 101 Å². The first kappa shape index (κ1) is 11.7. The zero-order chi connectivity index (χ0) is 12.3. The van der Waals surface area contributed by atoms with Crippen LogP contribution in [0.15, 0.2) is 24.8 Å². The zero-order valence-corrected chi connectivity index (χ0v) is 10.4. The molecule has 0 fully saturated rings. The standard InChI is InChI=1S/C12H17N5/c1-9(2)14-6-11-7-16-12(8-15-11)17-5-4-13-10(17)3/h4-5,7-9,14H,6H2,1-3H3. The van der Waals surface area contributed by atoms with Gasteiger partial charge in [-0.15, -0.1) is 0 Å². The van der Waals surface area contributed by atoms with E-state index in [2.05, 4.69) is 34.1 Å². The summed E-state index contributed by atoms with van der Waals surface area (Å²) in [7, 11) is 0. The second-order valence-electron chi connectivity index (χ2n) is 4.25. The summed E-state index contributed by atoms with van der Waals surface area (Å²) in [4.78, 5) is 12.9. The normalized spacial score (nSPS) is 11.1. The van der Waals surface area contributed by atoms with Gasteiger partial charge in [-0.3, -0.25) is 9.55 Å². The van der Waals surface area contributed by atoms with Crippen molar-refractivity contribution in [3.63, 3.8) is 0 Å². The largest absolute Gasteiger partial charge is 0.309 e. The van der Waals surface area contributed by atoms with Crippen LogP contribution in [-0.4, -0.2) is 25.6 Å². The van der Waals surface area contributed by atoms with Gasteiger partial charge in [0.05, 0.1) is 18.1 Å². The number of imidazole rings is 1. The molecule has 2 aromatic rings. The quantitative estimate of drug-likeness (QED) is 0.865. The average molecular weight is 231 g/mol. The molecule has 2 heterocycles. The van der Waals surface area contributed by atoms with Gasteiger partial charge in [0, 0.05) is 25.0 Å². The number of aromatic nitrogens is 4. The van der Waals surface area contributed by atoms with Crippen LogP contribution in [0.1, 0.15) is 25.4 Å². The maximum atomic E-state index is 4.38. The average Bonchev–Trinajstić information content (AvgIpc) is 2.73. The van der Waals surface area contributed by atoms with E-state index in [-0.39, 0.29) is 0 Å². The van der Waals surface area contributed by atoms with E-state index in [4.69, 9.17) is 0 Å². The number of hydrogen-bond donors (Lipinski definition) is 1. The van der Waals surface area contributed by atoms with E-state index < -0.39 is 0 Å². The molecule has 2 rings (SSSR count). The molecule has 0 atom stereocenters. The van der Waals surface area contributed by atoms with E-state index in [1.165, 1.54) is 0 Å². The van der Waals surface area contributed by atoms with Gasteiger partial charge in [-0.05, 0) is 6.92 Å². The zero-order valence-electron chi connectivity index (χ0n) is 10.4. The minimum absolute atomic E-state index is 0.451. The van der Waals surface area contributed by atoms with Crippen LogP contribution in [0.5, 0.6) is 0 Å². The van der Waals surface area contributed by atoms with Gasteiger partial charge < -0.3 is 5.32 Å². The summed E-state index contributed by atoms with van der Waals surface area (Å²) < 4.78 is 1.91. The lowest BCUT2D eigenvalue weighted by atomic mass is 10.3. The molecule has 0 aromatic carbocycles. The van der Waals surface area contributed by atoms with Crippen LogP contribution in [0.4, 0.5) is 0 Å². The Balaban J connectivity index is 2.11. The summed E-state index contributed by atoms with van der Waals surface area (Å²) >= 11 is 0. The Morgan fingerprint density at radius 3 is 2.59 bits per heavy atom. The summed E-state index contributed by atoms with van der Waals surface area (Å²) in [6, 6.07) is 0.451. The molecule has 0 unspecified atom stereocenters. The van der Waals surface area contributed by atoms with E-state index in [1.54, 1.807) is 18.6 Å². The van der Waals surface area contributed by atoms with Gasteiger partial charge in [0.25, 0.3) is 0 Å². The number of nitrogens with zero attached hydrogens (tertiary/aromatic N) is 4. The molecule has 90 valence electrons. The summed E-state index contributed by atoms with van der Waals surface area (Å²) in [6.45, 7) is 6.90. The van der Waals surface area contributed by atoms with Gasteiger partial charge in [-0.1, -0.05) is 13.8 Å². The first-order valence-electron chi connectivity index (χ1n) is 5.71. The fourth-order valence-corrected chi connectivity index (χ4v) is 1.49. The molecule has 5 heteroatoms. The minimum atomic E-state index is 0.451. The predicted octanol–water partition coefficient (Wildman–Crippen LogP) is 1.47. The van der Waals surface area contributed by atoms with Crippen LogP contribution < -0.4 is 5.32 Å². The smallest absolute Gasteiger partial charge is 0.156 e. The fourth-order valence-electron chi connectivity index (χ4n) is 1.49. The summed E-state index contributed by atoms with van der Waals surface area (Å²) in [5.41, 5.74) is 0.945. The third-order valence-corrected chi connectivity index (χ3v) is 2.46. The molecule has 0 aliphatic heterocycles. The second kappa shape index (κ2) is 5.05. The Morgan fingerprint density at radius 2 is 2.06 bits per heavy atom. The highest BCUT2D eigenvalue weighted by molar-refractivity contribution is 5.21. The lowest BCUT2D eigenvalue weighted by molar-refractivity contribution is 0.580. The molecule has 0 saturated heterocycles. The maximum absolute atomic E-state index is 4.38. The number of aryl methyl sites for hydroxylation is 1. The molecule has 0 spiro atoms. The molecule has 0 radical (unpaired) electrons. The van der Waals surface area contributed by atoms with Crippen LogP contribution in [-0.2, 0) is 6.54 Å². The van der Waals surface area contributed by atoms with Crippen LogP contribution in [0, 0.1) is 6.92 Å². The van der Waals surface area contributed by atoms with E-state index >= 15 is 0 Å². The Kier molecular flexibility index (Phi) is 3.49. The molecule has 1 N–H and O–H groups in total. The third kappa shape index (κ3) is 2.88. The van der Waals surface area contributed by atoms with Gasteiger partial charge in [-0.2, -0.15) is 0 Å². The molecule has 0 bridgehead atoms. The highest BCUT2D eigenvalue weighted by Gasteiger charge is 2.03. The first-order chi connectivity index (χ1) is 8.16. The molecule has 5 nitrogen and oxygen atoms in total. The number of nitrogens with one attached hydrogen (secondary N) is 1. The monoisotopic (exact) mass is 231 g/mol. The highest BCUT2D eigenvalue weighted by atomic mass is 15.1. The Hall–Kier alpha value is -1.75. The van der Waals surface area contributed by atoms with E-state index in [0.29, 0.717) is 6.04 Å². The van der Waals surface area contributed by atoms with E-state index in [0.717, 1.165) is 23.9 Å². The number of hydrogen-bond acceptors (Lipinski definition) is 4. The topological polar surface area (TPSA) is 55.6 Å². The lowest BCUT2D eigenvalue weighted by Crippen LogP contribution is -2.22. The SMILES string of the molecule is Cc1nccn1-c1cnc(CNC(C)C)cn1. The summed E-state index contributed by atoms with van der Waals surface area (Å²) in [5, 5.41) is 3.31. The van der Waals surface area contributed by atoms with Crippen molar-refractivity contribution in [2.45, 2.75) is 33.4 Å². The van der Waals surface area contributed by atoms with Crippen LogP contribution in [0.25, 0.3) is 5.82 Å². The van der Waals surface area contributed by atoms with Crippen molar-refractivity contribution in [1.29, 1.82) is 0 Å². The van der Waals surface area contributed by atoms with Crippen molar-refractivity contribution in [3.05, 3.63) is 36.3 Å². The van der Waals surface area contributed by atoms with Crippen LogP contribution in [0.3, 0.4) is 0 Å². The van der Waals surface area contributed by atoms with Gasteiger partial charge in [0.15, 0.2) is 5.82 Å². The maximum Gasteiger partial charge on any atom is 0.156 e. The summed E-state index contributed by atoms with van der Waals surface area (Å²) in [6.07, 6.45) is 7.20. The van der Waals surface area contributed by atoms with Gasteiger partial charge >= 0.3 is 0 Å². The van der Waals surface area contributed by atoms with Crippen LogP contribution >= 0.6 is 0 Å². The third-order valence-electron chi connectivity index (χ3n) is 2.46. The van der Waals surface area contributed by atoms with Crippen molar-refractivity contribution in [2.24, 2.45) is 0 Å². The molecule has 0 aliphatic carbocycles. The second-order valence-corrected chi connectivity index (χ2v) is 4.25. The molecule has 0 aliphatic rings.